The van der Waals surface area contributed by atoms with Crippen molar-refractivity contribution in [2.45, 2.75) is 160 Å². The summed E-state index contributed by atoms with van der Waals surface area (Å²) in [5.41, 5.74) is 1.02. The number of unbranched alkanes of at least 4 members (excludes halogenated alkanes) is 12. The summed E-state index contributed by atoms with van der Waals surface area (Å²) in [6, 6.07) is 12.6. The van der Waals surface area contributed by atoms with Gasteiger partial charge in [-0.15, -0.1) is 0 Å². The SMILES string of the molecule is C=CC(=O)OCCNC(=O)CCCCCCCCOCC#Cc1ccc(C(=O)Oc2ccc(OC(=O)C3CCC(OC(F)(F)CC(F)(F)CCCCCCCCCC)CC3)cc2)cc1. The fraction of sp³-hybridized carbons (Fsp3) is 0.600. The molecular weight excluding hydrogens is 835 g/mol. The van der Waals surface area contributed by atoms with Gasteiger partial charge < -0.3 is 29.0 Å². The number of benzene rings is 2. The zero-order valence-electron chi connectivity index (χ0n) is 37.4. The second-order valence-corrected chi connectivity index (χ2v) is 16.3. The maximum absolute atomic E-state index is 14.5. The molecule has 0 unspecified atom stereocenters. The number of halogens is 4. The van der Waals surface area contributed by atoms with E-state index < -0.39 is 54.8 Å². The number of rotatable bonds is 31. The zero-order chi connectivity index (χ0) is 46.5. The van der Waals surface area contributed by atoms with Gasteiger partial charge in [-0.2, -0.15) is 8.78 Å². The van der Waals surface area contributed by atoms with Crippen molar-refractivity contribution >= 4 is 23.8 Å². The lowest BCUT2D eigenvalue weighted by molar-refractivity contribution is -0.294. The Bertz CT molecular complexity index is 1750. The predicted octanol–water partition coefficient (Wildman–Crippen LogP) is 11.5. The minimum Gasteiger partial charge on any atom is -0.461 e. The Labute approximate surface area is 376 Å². The fourth-order valence-electron chi connectivity index (χ4n) is 7.19. The number of hydrogen-bond acceptors (Lipinski definition) is 9. The van der Waals surface area contributed by atoms with Gasteiger partial charge in [0.05, 0.1) is 24.1 Å². The van der Waals surface area contributed by atoms with E-state index in [-0.39, 0.29) is 69.3 Å². The van der Waals surface area contributed by atoms with Gasteiger partial charge in [0.1, 0.15) is 31.1 Å². The third-order valence-corrected chi connectivity index (χ3v) is 10.8. The number of amides is 1. The van der Waals surface area contributed by atoms with Crippen LogP contribution in [0.2, 0.25) is 0 Å². The molecule has 0 heterocycles. The highest BCUT2D eigenvalue weighted by Gasteiger charge is 2.46. The molecule has 1 fully saturated rings. The van der Waals surface area contributed by atoms with Crippen LogP contribution in [0.1, 0.15) is 158 Å². The number of esters is 3. The first-order valence-corrected chi connectivity index (χ1v) is 23.0. The number of hydrogen-bond donors (Lipinski definition) is 1. The standard InChI is InChI=1S/C50H67F4NO9/c1-3-5-6-7-8-10-13-16-33-49(51,52)38-50(53,54)64-44-27-25-41(26-28-44)48(59)63-43-31-29-42(30-32-43)62-47(58)40-23-21-39(22-24-40)19-18-36-60-35-17-14-11-9-12-15-20-45(56)55-34-37-61-46(57)4-2/h4,21-24,29-32,41,44H,2-3,5-17,20,25-28,33-38H2,1H3,(H,55,56). The van der Waals surface area contributed by atoms with Crippen LogP contribution in [-0.4, -0.2) is 68.3 Å². The van der Waals surface area contributed by atoms with Gasteiger partial charge >= 0.3 is 24.0 Å². The van der Waals surface area contributed by atoms with Crippen LogP contribution in [0.5, 0.6) is 11.5 Å². The van der Waals surface area contributed by atoms with Crippen molar-refractivity contribution in [2.24, 2.45) is 5.92 Å². The second kappa shape index (κ2) is 30.4. The lowest BCUT2D eigenvalue weighted by atomic mass is 9.87. The molecule has 1 N–H and O–H groups in total. The van der Waals surface area contributed by atoms with Crippen molar-refractivity contribution in [1.29, 1.82) is 0 Å². The van der Waals surface area contributed by atoms with Gasteiger partial charge in [-0.25, -0.2) is 18.4 Å². The van der Waals surface area contributed by atoms with Crippen molar-refractivity contribution in [3.8, 4) is 23.3 Å². The molecule has 14 heteroatoms. The lowest BCUT2D eigenvalue weighted by Gasteiger charge is -2.31. The van der Waals surface area contributed by atoms with Gasteiger partial charge in [0.15, 0.2) is 0 Å². The van der Waals surface area contributed by atoms with E-state index in [0.29, 0.717) is 30.6 Å². The molecule has 0 atom stereocenters. The van der Waals surface area contributed by atoms with Crippen molar-refractivity contribution in [3.63, 3.8) is 0 Å². The van der Waals surface area contributed by atoms with E-state index >= 15 is 0 Å². The molecule has 1 amide bonds. The highest BCUT2D eigenvalue weighted by atomic mass is 19.3. The molecular formula is C50H67F4NO9. The summed E-state index contributed by atoms with van der Waals surface area (Å²) < 4.78 is 84.1. The first kappa shape index (κ1) is 53.6. The van der Waals surface area contributed by atoms with E-state index in [2.05, 4.69) is 30.7 Å². The summed E-state index contributed by atoms with van der Waals surface area (Å²) in [6.45, 7) is 6.72. The van der Waals surface area contributed by atoms with Gasteiger partial charge in [-0.05, 0) is 93.5 Å². The maximum atomic E-state index is 14.5. The summed E-state index contributed by atoms with van der Waals surface area (Å²) in [4.78, 5) is 48.3. The Balaban J connectivity index is 1.24. The number of carbonyl (C=O) groups excluding carboxylic acids is 4. The number of carbonyl (C=O) groups is 4. The molecule has 2 aromatic carbocycles. The van der Waals surface area contributed by atoms with Crippen LogP contribution in [0, 0.1) is 17.8 Å². The molecule has 0 radical (unpaired) electrons. The molecule has 0 aliphatic heterocycles. The quantitative estimate of drug-likeness (QED) is 0.0196. The first-order valence-electron chi connectivity index (χ1n) is 23.0. The van der Waals surface area contributed by atoms with Gasteiger partial charge in [-0.1, -0.05) is 96.0 Å². The number of alkyl halides is 4. The third-order valence-electron chi connectivity index (χ3n) is 10.8. The Hall–Kier alpha value is -4.74. The van der Waals surface area contributed by atoms with Crippen LogP contribution in [0.25, 0.3) is 0 Å². The molecule has 64 heavy (non-hydrogen) atoms. The van der Waals surface area contributed by atoms with E-state index in [1.54, 1.807) is 24.3 Å². The van der Waals surface area contributed by atoms with Crippen LogP contribution in [0.4, 0.5) is 17.6 Å². The van der Waals surface area contributed by atoms with E-state index in [9.17, 15) is 36.7 Å². The fourth-order valence-corrected chi connectivity index (χ4v) is 7.19. The molecule has 0 aromatic heterocycles. The zero-order valence-corrected chi connectivity index (χ0v) is 37.4. The Kier molecular flexibility index (Phi) is 25.5. The van der Waals surface area contributed by atoms with E-state index in [0.717, 1.165) is 83.1 Å². The highest BCUT2D eigenvalue weighted by Crippen LogP contribution is 2.39. The summed E-state index contributed by atoms with van der Waals surface area (Å²) in [7, 11) is 0. The summed E-state index contributed by atoms with van der Waals surface area (Å²) >= 11 is 0. The van der Waals surface area contributed by atoms with Crippen molar-refractivity contribution < 1.29 is 60.4 Å². The molecule has 0 spiro atoms. The third kappa shape index (κ3) is 23.8. The van der Waals surface area contributed by atoms with Crippen molar-refractivity contribution in [2.75, 3.05) is 26.4 Å². The van der Waals surface area contributed by atoms with Gasteiger partial charge in [-0.3, -0.25) is 9.59 Å². The molecule has 354 valence electrons. The van der Waals surface area contributed by atoms with Gasteiger partial charge in [0.25, 0.3) is 5.92 Å². The average Bonchev–Trinajstić information content (AvgIpc) is 3.26. The largest absolute Gasteiger partial charge is 0.461 e. The van der Waals surface area contributed by atoms with Crippen LogP contribution in [0.15, 0.2) is 61.2 Å². The van der Waals surface area contributed by atoms with Gasteiger partial charge in [0, 0.05) is 31.1 Å². The molecule has 10 nitrogen and oxygen atoms in total. The van der Waals surface area contributed by atoms with Crippen molar-refractivity contribution in [1.82, 2.24) is 5.32 Å². The normalized spacial score (nSPS) is 15.1. The van der Waals surface area contributed by atoms with Crippen LogP contribution in [-0.2, 0) is 28.6 Å². The highest BCUT2D eigenvalue weighted by molar-refractivity contribution is 5.91. The molecule has 1 aliphatic carbocycles. The summed E-state index contributed by atoms with van der Waals surface area (Å²) in [5.74, 6) is 0.656. The maximum Gasteiger partial charge on any atom is 0.361 e. The van der Waals surface area contributed by atoms with Crippen LogP contribution >= 0.6 is 0 Å². The Morgan fingerprint density at radius 1 is 0.750 bits per heavy atom. The lowest BCUT2D eigenvalue weighted by Crippen LogP contribution is -2.37. The second-order valence-electron chi connectivity index (χ2n) is 16.3. The molecule has 1 aliphatic rings. The topological polar surface area (TPSA) is 126 Å². The van der Waals surface area contributed by atoms with Crippen LogP contribution < -0.4 is 14.8 Å². The van der Waals surface area contributed by atoms with E-state index in [1.165, 1.54) is 24.3 Å². The monoisotopic (exact) mass is 901 g/mol. The summed E-state index contributed by atoms with van der Waals surface area (Å²) in [5, 5.41) is 2.72. The molecule has 0 saturated heterocycles. The molecule has 2 aromatic rings. The van der Waals surface area contributed by atoms with E-state index in [4.69, 9.17) is 23.7 Å². The average molecular weight is 902 g/mol. The summed E-state index contributed by atoms with van der Waals surface area (Å²) in [6.07, 6.45) is 7.92. The number of ether oxygens (including phenoxy) is 5. The van der Waals surface area contributed by atoms with Gasteiger partial charge in [0.2, 0.25) is 5.91 Å². The van der Waals surface area contributed by atoms with E-state index in [1.807, 2.05) is 0 Å². The molecule has 3 rings (SSSR count). The Morgan fingerprint density at radius 2 is 1.34 bits per heavy atom. The molecule has 0 bridgehead atoms. The van der Waals surface area contributed by atoms with Crippen molar-refractivity contribution in [3.05, 3.63) is 72.3 Å². The minimum atomic E-state index is -3.97. The smallest absolute Gasteiger partial charge is 0.361 e. The minimum absolute atomic E-state index is 0.0547. The predicted molar refractivity (Wildman–Crippen MR) is 236 cm³/mol. The Morgan fingerprint density at radius 3 is 1.98 bits per heavy atom. The molecule has 1 saturated carbocycles. The first-order chi connectivity index (χ1) is 30.8. The number of nitrogens with one attached hydrogen (secondary N) is 1. The van der Waals surface area contributed by atoms with Crippen LogP contribution in [0.3, 0.4) is 0 Å².